The number of aromatic nitrogens is 6. The number of aryl methyl sites for hydroxylation is 3. The fraction of sp³-hybridized carbons (Fsp3) is 0.542. The molecule has 5 aromatic rings. The minimum absolute atomic E-state index is 0. The molecule has 5 rings (SSSR count). The summed E-state index contributed by atoms with van der Waals surface area (Å²) >= 11 is 0. The highest BCUT2D eigenvalue weighted by Gasteiger charge is 2.20. The Morgan fingerprint density at radius 2 is 1.07 bits per heavy atom. The van der Waals surface area contributed by atoms with Crippen molar-refractivity contribution >= 4 is 0 Å². The van der Waals surface area contributed by atoms with Crippen molar-refractivity contribution < 1.29 is 8.91 Å². The molecule has 0 radical (unpaired) electrons. The highest BCUT2D eigenvalue weighted by molar-refractivity contribution is 5.32. The number of hydrogen-bond acceptors (Lipinski definition) is 7. The van der Waals surface area contributed by atoms with Crippen LogP contribution in [-0.4, -0.2) is 30.3 Å². The summed E-state index contributed by atoms with van der Waals surface area (Å²) in [6.07, 6.45) is 4.88. The van der Waals surface area contributed by atoms with E-state index in [0.29, 0.717) is 35.5 Å². The maximum Gasteiger partial charge on any atom is 0.142 e. The zero-order valence-corrected chi connectivity index (χ0v) is 37.3. The van der Waals surface area contributed by atoms with Crippen LogP contribution in [0.15, 0.2) is 71.8 Å². The Morgan fingerprint density at radius 3 is 1.41 bits per heavy atom. The summed E-state index contributed by atoms with van der Waals surface area (Å²) in [5.74, 6) is 3.76. The zero-order valence-electron chi connectivity index (χ0n) is 37.3. The highest BCUT2D eigenvalue weighted by Crippen LogP contribution is 2.25. The van der Waals surface area contributed by atoms with Gasteiger partial charge in [0.15, 0.2) is 0 Å². The van der Waals surface area contributed by atoms with Gasteiger partial charge in [-0.1, -0.05) is 140 Å². The summed E-state index contributed by atoms with van der Waals surface area (Å²) in [7, 11) is 0. The lowest BCUT2D eigenvalue weighted by Crippen LogP contribution is -2.09. The summed E-state index contributed by atoms with van der Waals surface area (Å²) < 4.78 is 17.7. The van der Waals surface area contributed by atoms with Crippen LogP contribution >= 0.6 is 0 Å². The number of hydrogen-bond donors (Lipinski definition) is 0. The summed E-state index contributed by atoms with van der Waals surface area (Å²) in [4.78, 5) is 12.1. The monoisotopic (exact) mass is 771 g/mol. The van der Waals surface area contributed by atoms with Crippen LogP contribution in [-0.2, 0) is 5.41 Å². The predicted molar refractivity (Wildman–Crippen MR) is 235 cm³/mol. The second-order valence-corrected chi connectivity index (χ2v) is 17.1. The maximum atomic E-state index is 12.5. The van der Waals surface area contributed by atoms with Crippen LogP contribution < -0.4 is 0 Å². The summed E-state index contributed by atoms with van der Waals surface area (Å²) in [5.41, 5.74) is 10.6. The SMILES string of the molecule is C.CC(C)c1cc(C(C)(C)C)on1.CC(C)c1cc(F)ccn1.Cc1cc(C(C)C)cc(C(C)C)c1.Cc1cc(C(C)C)ncn1.Cc1cnnc(C(C)C)c1. The van der Waals surface area contributed by atoms with Crippen molar-refractivity contribution in [2.75, 3.05) is 0 Å². The lowest BCUT2D eigenvalue weighted by molar-refractivity contribution is 0.324. The van der Waals surface area contributed by atoms with Gasteiger partial charge in [0.25, 0.3) is 0 Å². The van der Waals surface area contributed by atoms with Crippen LogP contribution in [0.4, 0.5) is 4.39 Å². The molecule has 4 heterocycles. The normalized spacial score (nSPS) is 10.9. The van der Waals surface area contributed by atoms with Gasteiger partial charge < -0.3 is 4.52 Å². The van der Waals surface area contributed by atoms with Gasteiger partial charge in [-0.15, -0.1) is 0 Å². The fourth-order valence-corrected chi connectivity index (χ4v) is 4.72. The number of benzene rings is 1. The topological polar surface area (TPSA) is 90.5 Å². The van der Waals surface area contributed by atoms with Crippen molar-refractivity contribution in [2.24, 2.45) is 0 Å². The third-order valence-electron chi connectivity index (χ3n) is 8.47. The van der Waals surface area contributed by atoms with Gasteiger partial charge in [-0.3, -0.25) is 4.98 Å². The highest BCUT2D eigenvalue weighted by atomic mass is 19.1. The van der Waals surface area contributed by atoms with E-state index in [1.54, 1.807) is 12.5 Å². The molecule has 0 atom stereocenters. The Morgan fingerprint density at radius 1 is 0.554 bits per heavy atom. The van der Waals surface area contributed by atoms with Gasteiger partial charge >= 0.3 is 0 Å². The molecular weight excluding hydrogens is 696 g/mol. The summed E-state index contributed by atoms with van der Waals surface area (Å²) in [6, 6.07) is 15.9. The third-order valence-corrected chi connectivity index (χ3v) is 8.47. The van der Waals surface area contributed by atoms with Crippen molar-refractivity contribution in [1.29, 1.82) is 0 Å². The maximum absolute atomic E-state index is 12.5. The van der Waals surface area contributed by atoms with E-state index in [-0.39, 0.29) is 18.7 Å². The first-order valence-electron chi connectivity index (χ1n) is 19.8. The minimum Gasteiger partial charge on any atom is -0.361 e. The van der Waals surface area contributed by atoms with E-state index >= 15 is 0 Å². The molecule has 0 saturated carbocycles. The lowest BCUT2D eigenvalue weighted by Gasteiger charge is -2.12. The Labute approximate surface area is 340 Å². The molecule has 56 heavy (non-hydrogen) atoms. The van der Waals surface area contributed by atoms with E-state index in [1.807, 2.05) is 39.8 Å². The molecule has 0 aliphatic carbocycles. The molecular formula is C48H75FN6O. The zero-order chi connectivity index (χ0) is 42.0. The molecule has 8 heteroatoms. The second-order valence-electron chi connectivity index (χ2n) is 17.1. The standard InChI is InChI=1S/C13H20.C10H17NO.C8H10FN.2C8H12N2.CH4/c1-9(2)12-6-11(5)7-13(8-12)10(3)4;1-7(2)8-6-9(12-11-8)10(3,4)5;1-6(2)8-5-7(9)3-4-10-8;1-6(2)8-4-7(3)9-5-10-8;1-6(2)8-4-7(3)5-9-10-8;/h6-10H,1-5H3;6-7H,1-5H3;3-6H,1-2H3;2*4-6H,1-3H3;1H4. The number of halogens is 1. The van der Waals surface area contributed by atoms with Crippen LogP contribution in [0.5, 0.6) is 0 Å². The van der Waals surface area contributed by atoms with E-state index in [2.05, 4.69) is 152 Å². The van der Waals surface area contributed by atoms with Gasteiger partial charge in [-0.05, 0) is 97.2 Å². The first-order chi connectivity index (χ1) is 25.5. The van der Waals surface area contributed by atoms with Gasteiger partial charge in [0.1, 0.15) is 17.9 Å². The number of nitrogens with zero attached hydrogens (tertiary/aromatic N) is 6. The van der Waals surface area contributed by atoms with Gasteiger partial charge in [-0.2, -0.15) is 10.2 Å². The molecule has 0 unspecified atom stereocenters. The first-order valence-corrected chi connectivity index (χ1v) is 19.8. The predicted octanol–water partition coefficient (Wildman–Crippen LogP) is 14.1. The van der Waals surface area contributed by atoms with Crippen molar-refractivity contribution in [1.82, 2.24) is 30.3 Å². The van der Waals surface area contributed by atoms with Crippen LogP contribution in [0, 0.1) is 26.6 Å². The van der Waals surface area contributed by atoms with E-state index in [4.69, 9.17) is 4.52 Å². The minimum atomic E-state index is -0.210. The molecule has 4 aromatic heterocycles. The quantitative estimate of drug-likeness (QED) is 0.170. The van der Waals surface area contributed by atoms with Crippen LogP contribution in [0.3, 0.4) is 0 Å². The molecule has 0 spiro atoms. The van der Waals surface area contributed by atoms with E-state index in [0.717, 1.165) is 34.2 Å². The van der Waals surface area contributed by atoms with Gasteiger partial charge in [0, 0.05) is 34.8 Å². The van der Waals surface area contributed by atoms with E-state index in [1.165, 1.54) is 40.6 Å². The van der Waals surface area contributed by atoms with Crippen LogP contribution in [0.2, 0.25) is 0 Å². The Kier molecular flexibility index (Phi) is 23.1. The van der Waals surface area contributed by atoms with Gasteiger partial charge in [0.05, 0.1) is 17.6 Å². The molecule has 0 aliphatic heterocycles. The smallest absolute Gasteiger partial charge is 0.142 e. The van der Waals surface area contributed by atoms with E-state index < -0.39 is 0 Å². The third kappa shape index (κ3) is 20.0. The molecule has 310 valence electrons. The lowest BCUT2D eigenvalue weighted by atomic mass is 9.92. The summed E-state index contributed by atoms with van der Waals surface area (Å²) in [6.45, 7) is 38.2. The van der Waals surface area contributed by atoms with Gasteiger partial charge in [-0.25, -0.2) is 14.4 Å². The Bertz CT molecular complexity index is 1670. The number of rotatable bonds is 6. The molecule has 1 aromatic carbocycles. The van der Waals surface area contributed by atoms with E-state index in [9.17, 15) is 4.39 Å². The molecule has 0 bridgehead atoms. The molecule has 0 N–H and O–H groups in total. The molecule has 0 amide bonds. The first kappa shape index (κ1) is 51.7. The Balaban J connectivity index is 0.000000675. The average molecular weight is 771 g/mol. The number of pyridine rings is 1. The Hall–Kier alpha value is -4.33. The molecule has 0 saturated heterocycles. The van der Waals surface area contributed by atoms with Crippen molar-refractivity contribution in [3.05, 3.63) is 130 Å². The summed E-state index contributed by atoms with van der Waals surface area (Å²) in [5, 5.41) is 11.9. The van der Waals surface area contributed by atoms with Crippen molar-refractivity contribution in [3.8, 4) is 0 Å². The van der Waals surface area contributed by atoms with Crippen LogP contribution in [0.25, 0.3) is 0 Å². The van der Waals surface area contributed by atoms with Crippen molar-refractivity contribution in [3.63, 3.8) is 0 Å². The molecule has 7 nitrogen and oxygen atoms in total. The largest absolute Gasteiger partial charge is 0.361 e. The fourth-order valence-electron chi connectivity index (χ4n) is 4.72. The average Bonchev–Trinajstić information content (AvgIpc) is 3.61. The molecule has 0 fully saturated rings. The second kappa shape index (κ2) is 25.0. The van der Waals surface area contributed by atoms with Crippen LogP contribution in [0.1, 0.15) is 203 Å². The van der Waals surface area contributed by atoms with Crippen molar-refractivity contribution in [2.45, 2.75) is 173 Å². The molecule has 0 aliphatic rings. The van der Waals surface area contributed by atoms with Gasteiger partial charge in [0.2, 0.25) is 0 Å².